The molecule has 0 radical (unpaired) electrons. The Hall–Kier alpha value is -2.51. The summed E-state index contributed by atoms with van der Waals surface area (Å²) in [5.41, 5.74) is 3.06. The van der Waals surface area contributed by atoms with Crippen molar-refractivity contribution in [3.63, 3.8) is 0 Å². The monoisotopic (exact) mass is 411 g/mol. The Balaban J connectivity index is 1.52. The van der Waals surface area contributed by atoms with Gasteiger partial charge in [0.1, 0.15) is 10.7 Å². The number of nitrogens with one attached hydrogen (secondary N) is 1. The van der Waals surface area contributed by atoms with Crippen LogP contribution in [0.4, 0.5) is 0 Å². The highest BCUT2D eigenvalue weighted by Crippen LogP contribution is 2.32. The fraction of sp³-hybridized carbons (Fsp3) is 0.409. The Morgan fingerprint density at radius 3 is 2.76 bits per heavy atom. The molecule has 1 N–H and O–H groups in total. The van der Waals surface area contributed by atoms with Crippen LogP contribution in [0.2, 0.25) is 0 Å². The number of benzene rings is 1. The van der Waals surface area contributed by atoms with Crippen LogP contribution < -0.4 is 5.56 Å². The maximum absolute atomic E-state index is 12.9. The summed E-state index contributed by atoms with van der Waals surface area (Å²) >= 11 is 1.51. The van der Waals surface area contributed by atoms with E-state index in [1.807, 2.05) is 30.5 Å². The van der Waals surface area contributed by atoms with Gasteiger partial charge in [-0.15, -0.1) is 11.3 Å². The minimum atomic E-state index is -0.0950. The van der Waals surface area contributed by atoms with Crippen LogP contribution in [0.3, 0.4) is 0 Å². The number of nitrogens with zero attached hydrogens (tertiary/aromatic N) is 2. The van der Waals surface area contributed by atoms with Gasteiger partial charge in [0.05, 0.1) is 24.5 Å². The number of aromatic amines is 1. The summed E-state index contributed by atoms with van der Waals surface area (Å²) in [4.78, 5) is 35.4. The summed E-state index contributed by atoms with van der Waals surface area (Å²) < 4.78 is 5.13. The van der Waals surface area contributed by atoms with Crippen molar-refractivity contribution in [2.45, 2.75) is 33.2 Å². The maximum Gasteiger partial charge on any atom is 0.309 e. The van der Waals surface area contributed by atoms with Crippen molar-refractivity contribution in [2.24, 2.45) is 5.92 Å². The van der Waals surface area contributed by atoms with E-state index >= 15 is 0 Å². The molecule has 1 aliphatic rings. The van der Waals surface area contributed by atoms with Crippen LogP contribution in [0.1, 0.15) is 31.2 Å². The fourth-order valence-corrected chi connectivity index (χ4v) is 4.90. The minimum Gasteiger partial charge on any atom is -0.466 e. The second-order valence-corrected chi connectivity index (χ2v) is 8.32. The van der Waals surface area contributed by atoms with Gasteiger partial charge in [-0.25, -0.2) is 4.98 Å². The van der Waals surface area contributed by atoms with Gasteiger partial charge < -0.3 is 9.72 Å². The van der Waals surface area contributed by atoms with Gasteiger partial charge in [-0.1, -0.05) is 24.3 Å². The zero-order valence-corrected chi connectivity index (χ0v) is 17.6. The molecule has 1 aliphatic heterocycles. The van der Waals surface area contributed by atoms with E-state index in [4.69, 9.17) is 9.72 Å². The average Bonchev–Trinajstić information content (AvgIpc) is 3.13. The molecule has 0 bridgehead atoms. The van der Waals surface area contributed by atoms with Crippen LogP contribution in [0, 0.1) is 12.8 Å². The summed E-state index contributed by atoms with van der Waals surface area (Å²) in [6, 6.07) is 8.08. The number of aryl methyl sites for hydroxylation is 1. The van der Waals surface area contributed by atoms with Crippen molar-refractivity contribution >= 4 is 27.5 Å². The van der Waals surface area contributed by atoms with Crippen molar-refractivity contribution in [3.05, 3.63) is 51.4 Å². The predicted molar refractivity (Wildman–Crippen MR) is 115 cm³/mol. The topological polar surface area (TPSA) is 75.3 Å². The summed E-state index contributed by atoms with van der Waals surface area (Å²) in [5.74, 6) is 0.562. The second-order valence-electron chi connectivity index (χ2n) is 7.46. The third-order valence-corrected chi connectivity index (χ3v) is 6.38. The number of aromatic nitrogens is 2. The van der Waals surface area contributed by atoms with Gasteiger partial charge in [-0.2, -0.15) is 0 Å². The number of hydrogen-bond donors (Lipinski definition) is 1. The van der Waals surface area contributed by atoms with Crippen LogP contribution in [0.15, 0.2) is 34.4 Å². The van der Waals surface area contributed by atoms with Crippen molar-refractivity contribution < 1.29 is 9.53 Å². The fourth-order valence-electron chi connectivity index (χ4n) is 3.94. The van der Waals surface area contributed by atoms with E-state index in [0.29, 0.717) is 24.4 Å². The SMILES string of the molecule is CCOC(=O)C1CCN(Cc2nc3scc(-c4ccccc4C)c3c(=O)[nH]2)CC1. The molecule has 6 nitrogen and oxygen atoms in total. The molecule has 0 spiro atoms. The van der Waals surface area contributed by atoms with Gasteiger partial charge in [0.25, 0.3) is 5.56 Å². The molecule has 7 heteroatoms. The molecule has 0 unspecified atom stereocenters. The Bertz CT molecular complexity index is 1080. The van der Waals surface area contributed by atoms with E-state index in [1.54, 1.807) is 0 Å². The van der Waals surface area contributed by atoms with Crippen molar-refractivity contribution in [3.8, 4) is 11.1 Å². The van der Waals surface area contributed by atoms with Crippen LogP contribution in [-0.2, 0) is 16.1 Å². The highest BCUT2D eigenvalue weighted by Gasteiger charge is 2.26. The first-order valence-electron chi connectivity index (χ1n) is 10.0. The average molecular weight is 412 g/mol. The smallest absolute Gasteiger partial charge is 0.309 e. The molecule has 0 amide bonds. The molecule has 29 heavy (non-hydrogen) atoms. The Morgan fingerprint density at radius 1 is 1.28 bits per heavy atom. The number of H-pyrrole nitrogens is 1. The second kappa shape index (κ2) is 8.47. The normalized spacial score (nSPS) is 15.7. The van der Waals surface area contributed by atoms with E-state index in [-0.39, 0.29) is 17.4 Å². The molecule has 2 aromatic heterocycles. The third kappa shape index (κ3) is 4.11. The molecule has 1 saturated heterocycles. The van der Waals surface area contributed by atoms with Crippen LogP contribution in [0.5, 0.6) is 0 Å². The number of thiophene rings is 1. The molecule has 1 fully saturated rings. The quantitative estimate of drug-likeness (QED) is 0.648. The maximum atomic E-state index is 12.9. The van der Waals surface area contributed by atoms with E-state index in [2.05, 4.69) is 22.9 Å². The van der Waals surface area contributed by atoms with Gasteiger partial charge in [-0.05, 0) is 50.9 Å². The zero-order chi connectivity index (χ0) is 20.4. The van der Waals surface area contributed by atoms with Crippen LogP contribution in [0.25, 0.3) is 21.3 Å². The lowest BCUT2D eigenvalue weighted by Gasteiger charge is -2.30. The van der Waals surface area contributed by atoms with Gasteiger partial charge in [0, 0.05) is 10.9 Å². The number of esters is 1. The summed E-state index contributed by atoms with van der Waals surface area (Å²) in [6.45, 7) is 6.48. The Kier molecular flexibility index (Phi) is 5.78. The molecule has 4 rings (SSSR count). The number of ether oxygens (including phenoxy) is 1. The molecule has 0 atom stereocenters. The minimum absolute atomic E-state index is 0.0188. The number of piperidine rings is 1. The molecule has 0 saturated carbocycles. The summed E-state index contributed by atoms with van der Waals surface area (Å²) in [5, 5.41) is 2.68. The highest BCUT2D eigenvalue weighted by atomic mass is 32.1. The zero-order valence-electron chi connectivity index (χ0n) is 16.7. The van der Waals surface area contributed by atoms with Gasteiger partial charge in [0.2, 0.25) is 0 Å². The van der Waals surface area contributed by atoms with E-state index in [0.717, 1.165) is 47.5 Å². The van der Waals surface area contributed by atoms with Gasteiger partial charge in [0.15, 0.2) is 0 Å². The molecule has 0 aliphatic carbocycles. The first kappa shape index (κ1) is 19.8. The van der Waals surface area contributed by atoms with Crippen molar-refractivity contribution in [2.75, 3.05) is 19.7 Å². The predicted octanol–water partition coefficient (Wildman–Crippen LogP) is 3.74. The lowest BCUT2D eigenvalue weighted by atomic mass is 9.97. The molecular formula is C22H25N3O3S. The molecule has 3 heterocycles. The highest BCUT2D eigenvalue weighted by molar-refractivity contribution is 7.17. The van der Waals surface area contributed by atoms with Crippen LogP contribution in [-0.4, -0.2) is 40.5 Å². The van der Waals surface area contributed by atoms with Gasteiger partial charge >= 0.3 is 5.97 Å². The van der Waals surface area contributed by atoms with E-state index in [9.17, 15) is 9.59 Å². The molecule has 1 aromatic carbocycles. The first-order valence-corrected chi connectivity index (χ1v) is 10.9. The molecule has 3 aromatic rings. The standard InChI is InChI=1S/C22H25N3O3S/c1-3-28-22(27)15-8-10-25(11-9-15)12-18-23-20(26)19-17(13-29-21(19)24-18)16-7-5-4-6-14(16)2/h4-7,13,15H,3,8-12H2,1-2H3,(H,23,24,26). The van der Waals surface area contributed by atoms with E-state index < -0.39 is 0 Å². The Labute approximate surface area is 173 Å². The number of carbonyl (C=O) groups is 1. The Morgan fingerprint density at radius 2 is 2.03 bits per heavy atom. The largest absolute Gasteiger partial charge is 0.466 e. The lowest BCUT2D eigenvalue weighted by Crippen LogP contribution is -2.37. The third-order valence-electron chi connectivity index (χ3n) is 5.51. The first-order chi connectivity index (χ1) is 14.1. The summed E-state index contributed by atoms with van der Waals surface area (Å²) in [6.07, 6.45) is 1.56. The van der Waals surface area contributed by atoms with E-state index in [1.165, 1.54) is 11.3 Å². The number of fused-ring (bicyclic) bond motifs is 1. The van der Waals surface area contributed by atoms with Crippen molar-refractivity contribution in [1.82, 2.24) is 14.9 Å². The summed E-state index contributed by atoms with van der Waals surface area (Å²) in [7, 11) is 0. The van der Waals surface area contributed by atoms with Crippen molar-refractivity contribution in [1.29, 1.82) is 0 Å². The number of hydrogen-bond acceptors (Lipinski definition) is 6. The lowest BCUT2D eigenvalue weighted by molar-refractivity contribution is -0.149. The molecular weight excluding hydrogens is 386 g/mol. The van der Waals surface area contributed by atoms with Crippen LogP contribution >= 0.6 is 11.3 Å². The number of rotatable bonds is 5. The molecule has 152 valence electrons. The van der Waals surface area contributed by atoms with Gasteiger partial charge in [-0.3, -0.25) is 14.5 Å². The number of likely N-dealkylation sites (tertiary alicyclic amines) is 1. The number of carbonyl (C=O) groups excluding carboxylic acids is 1.